The lowest BCUT2D eigenvalue weighted by molar-refractivity contribution is 0.226. The lowest BCUT2D eigenvalue weighted by atomic mass is 10.2. The summed E-state index contributed by atoms with van der Waals surface area (Å²) in [5.41, 5.74) is 5.55. The Morgan fingerprint density at radius 1 is 1.42 bits per heavy atom. The van der Waals surface area contributed by atoms with Crippen molar-refractivity contribution in [3.8, 4) is 0 Å². The zero-order valence-electron chi connectivity index (χ0n) is 7.84. The average Bonchev–Trinajstić information content (AvgIpc) is 2.56. The summed E-state index contributed by atoms with van der Waals surface area (Å²) < 4.78 is 0. The lowest BCUT2D eigenvalue weighted by Crippen LogP contribution is -2.37. The summed E-state index contributed by atoms with van der Waals surface area (Å²) in [6.07, 6.45) is 7.47. The molecule has 1 fully saturated rings. The van der Waals surface area contributed by atoms with Crippen LogP contribution in [0.25, 0.3) is 0 Å². The Morgan fingerprint density at radius 3 is 2.58 bits per heavy atom. The van der Waals surface area contributed by atoms with Crippen LogP contribution in [0.4, 0.5) is 0 Å². The first-order valence-corrected chi connectivity index (χ1v) is 4.93. The van der Waals surface area contributed by atoms with Gasteiger partial charge in [-0.3, -0.25) is 4.90 Å². The Labute approximate surface area is 75.4 Å². The zero-order chi connectivity index (χ0) is 8.81. The molecule has 2 heteroatoms. The second kappa shape index (κ2) is 5.33. The van der Waals surface area contributed by atoms with Crippen LogP contribution in [0.3, 0.4) is 0 Å². The van der Waals surface area contributed by atoms with Crippen molar-refractivity contribution in [1.82, 2.24) is 4.90 Å². The van der Waals surface area contributed by atoms with E-state index in [1.165, 1.54) is 25.7 Å². The Bertz CT molecular complexity index is 128. The van der Waals surface area contributed by atoms with Crippen LogP contribution in [0.5, 0.6) is 0 Å². The molecule has 0 bridgehead atoms. The molecule has 0 heterocycles. The molecule has 0 radical (unpaired) electrons. The molecule has 1 rings (SSSR count). The van der Waals surface area contributed by atoms with E-state index in [0.717, 1.165) is 25.7 Å². The van der Waals surface area contributed by atoms with E-state index in [0.29, 0.717) is 0 Å². The van der Waals surface area contributed by atoms with Gasteiger partial charge in [-0.05, 0) is 12.8 Å². The highest BCUT2D eigenvalue weighted by molar-refractivity contribution is 4.82. The standard InChI is InChI=1S/C10H20N2/c1-2-8-12(9-7-11)10-5-3-4-6-10/h2,10H,1,3-9,11H2. The fourth-order valence-electron chi connectivity index (χ4n) is 2.02. The molecular weight excluding hydrogens is 148 g/mol. The lowest BCUT2D eigenvalue weighted by Gasteiger charge is -2.26. The van der Waals surface area contributed by atoms with Gasteiger partial charge in [-0.1, -0.05) is 18.9 Å². The highest BCUT2D eigenvalue weighted by Gasteiger charge is 2.20. The average molecular weight is 168 g/mol. The van der Waals surface area contributed by atoms with Crippen LogP contribution < -0.4 is 5.73 Å². The fraction of sp³-hybridized carbons (Fsp3) is 0.800. The molecule has 1 saturated carbocycles. The van der Waals surface area contributed by atoms with Crippen LogP contribution >= 0.6 is 0 Å². The first-order valence-electron chi connectivity index (χ1n) is 4.93. The minimum atomic E-state index is 0.768. The second-order valence-electron chi connectivity index (χ2n) is 3.51. The molecule has 0 saturated heterocycles. The van der Waals surface area contributed by atoms with Crippen LogP contribution in [0.2, 0.25) is 0 Å². The molecule has 0 amide bonds. The van der Waals surface area contributed by atoms with Gasteiger partial charge in [0.15, 0.2) is 0 Å². The SMILES string of the molecule is C=CCN(CCN)C1CCCC1. The Morgan fingerprint density at radius 2 is 2.08 bits per heavy atom. The van der Waals surface area contributed by atoms with E-state index in [9.17, 15) is 0 Å². The molecule has 70 valence electrons. The van der Waals surface area contributed by atoms with Crippen LogP contribution in [0.1, 0.15) is 25.7 Å². The van der Waals surface area contributed by atoms with Gasteiger partial charge in [0.1, 0.15) is 0 Å². The van der Waals surface area contributed by atoms with E-state index in [4.69, 9.17) is 5.73 Å². The number of nitrogens with zero attached hydrogens (tertiary/aromatic N) is 1. The molecular formula is C10H20N2. The largest absolute Gasteiger partial charge is 0.329 e. The molecule has 2 N–H and O–H groups in total. The first-order chi connectivity index (χ1) is 5.88. The van der Waals surface area contributed by atoms with Gasteiger partial charge in [0.05, 0.1) is 0 Å². The summed E-state index contributed by atoms with van der Waals surface area (Å²) in [6, 6.07) is 0.784. The summed E-state index contributed by atoms with van der Waals surface area (Å²) >= 11 is 0. The molecule has 0 aliphatic heterocycles. The molecule has 1 aliphatic carbocycles. The van der Waals surface area contributed by atoms with E-state index in [1.807, 2.05) is 6.08 Å². The zero-order valence-corrected chi connectivity index (χ0v) is 7.84. The van der Waals surface area contributed by atoms with Crippen molar-refractivity contribution in [3.05, 3.63) is 12.7 Å². The van der Waals surface area contributed by atoms with Gasteiger partial charge in [0.25, 0.3) is 0 Å². The topological polar surface area (TPSA) is 29.3 Å². The smallest absolute Gasteiger partial charge is 0.0164 e. The van der Waals surface area contributed by atoms with Crippen LogP contribution in [-0.4, -0.2) is 30.6 Å². The van der Waals surface area contributed by atoms with E-state index in [1.54, 1.807) is 0 Å². The Balaban J connectivity index is 2.33. The molecule has 0 aromatic heterocycles. The maximum atomic E-state index is 5.55. The minimum Gasteiger partial charge on any atom is -0.329 e. The normalized spacial score (nSPS) is 18.8. The van der Waals surface area contributed by atoms with Crippen molar-refractivity contribution in [2.75, 3.05) is 19.6 Å². The van der Waals surface area contributed by atoms with Crippen molar-refractivity contribution in [2.45, 2.75) is 31.7 Å². The molecule has 0 spiro atoms. The highest BCUT2D eigenvalue weighted by Crippen LogP contribution is 2.22. The number of rotatable bonds is 5. The van der Waals surface area contributed by atoms with E-state index >= 15 is 0 Å². The van der Waals surface area contributed by atoms with Gasteiger partial charge in [0.2, 0.25) is 0 Å². The predicted molar refractivity (Wildman–Crippen MR) is 53.1 cm³/mol. The molecule has 12 heavy (non-hydrogen) atoms. The van der Waals surface area contributed by atoms with Gasteiger partial charge in [-0.25, -0.2) is 0 Å². The maximum Gasteiger partial charge on any atom is 0.0164 e. The molecule has 2 nitrogen and oxygen atoms in total. The third-order valence-electron chi connectivity index (χ3n) is 2.62. The van der Waals surface area contributed by atoms with Crippen LogP contribution in [0, 0.1) is 0 Å². The van der Waals surface area contributed by atoms with Crippen molar-refractivity contribution in [1.29, 1.82) is 0 Å². The minimum absolute atomic E-state index is 0.768. The summed E-state index contributed by atoms with van der Waals surface area (Å²) in [7, 11) is 0. The molecule has 0 atom stereocenters. The van der Waals surface area contributed by atoms with Gasteiger partial charge >= 0.3 is 0 Å². The summed E-state index contributed by atoms with van der Waals surface area (Å²) in [6.45, 7) is 6.57. The molecule has 0 aromatic carbocycles. The van der Waals surface area contributed by atoms with Crippen molar-refractivity contribution in [3.63, 3.8) is 0 Å². The van der Waals surface area contributed by atoms with Crippen molar-refractivity contribution >= 4 is 0 Å². The number of nitrogens with two attached hydrogens (primary N) is 1. The van der Waals surface area contributed by atoms with Gasteiger partial charge in [0, 0.05) is 25.7 Å². The first kappa shape index (κ1) is 9.75. The monoisotopic (exact) mass is 168 g/mol. The van der Waals surface area contributed by atoms with E-state index in [2.05, 4.69) is 11.5 Å². The van der Waals surface area contributed by atoms with Crippen LogP contribution in [0.15, 0.2) is 12.7 Å². The van der Waals surface area contributed by atoms with Crippen molar-refractivity contribution in [2.24, 2.45) is 5.73 Å². The van der Waals surface area contributed by atoms with E-state index in [-0.39, 0.29) is 0 Å². The predicted octanol–water partition coefficient (Wildman–Crippen LogP) is 1.38. The van der Waals surface area contributed by atoms with Crippen molar-refractivity contribution < 1.29 is 0 Å². The second-order valence-corrected chi connectivity index (χ2v) is 3.51. The Hall–Kier alpha value is -0.340. The van der Waals surface area contributed by atoms with Gasteiger partial charge in [-0.2, -0.15) is 0 Å². The van der Waals surface area contributed by atoms with Gasteiger partial charge < -0.3 is 5.73 Å². The summed E-state index contributed by atoms with van der Waals surface area (Å²) in [5, 5.41) is 0. The molecule has 1 aliphatic rings. The van der Waals surface area contributed by atoms with Crippen LogP contribution in [-0.2, 0) is 0 Å². The highest BCUT2D eigenvalue weighted by atomic mass is 15.2. The van der Waals surface area contributed by atoms with E-state index < -0.39 is 0 Å². The summed E-state index contributed by atoms with van der Waals surface area (Å²) in [5.74, 6) is 0. The molecule has 0 unspecified atom stereocenters. The quantitative estimate of drug-likeness (QED) is 0.628. The molecule has 0 aromatic rings. The third-order valence-corrected chi connectivity index (χ3v) is 2.62. The summed E-state index contributed by atoms with van der Waals surface area (Å²) in [4.78, 5) is 2.46. The Kier molecular flexibility index (Phi) is 4.33. The maximum absolute atomic E-state index is 5.55. The number of hydrogen-bond donors (Lipinski definition) is 1. The number of hydrogen-bond acceptors (Lipinski definition) is 2. The fourth-order valence-corrected chi connectivity index (χ4v) is 2.02. The third kappa shape index (κ3) is 2.61. The van der Waals surface area contributed by atoms with Gasteiger partial charge in [-0.15, -0.1) is 6.58 Å².